The summed E-state index contributed by atoms with van der Waals surface area (Å²) in [6.07, 6.45) is 3.62. The number of nitrogens with zero attached hydrogens (tertiary/aromatic N) is 2. The van der Waals surface area contributed by atoms with Crippen molar-refractivity contribution in [2.45, 2.75) is 18.1 Å². The summed E-state index contributed by atoms with van der Waals surface area (Å²) in [6, 6.07) is 17.6. The smallest absolute Gasteiger partial charge is 0.230 e. The first-order chi connectivity index (χ1) is 12.7. The van der Waals surface area contributed by atoms with Crippen molar-refractivity contribution in [1.29, 1.82) is 0 Å². The first-order valence-corrected chi connectivity index (χ1v) is 9.31. The lowest BCUT2D eigenvalue weighted by Gasteiger charge is -2.14. The lowest BCUT2D eigenvalue weighted by molar-refractivity contribution is -0.119. The molecule has 2 aromatic carbocycles. The van der Waals surface area contributed by atoms with Gasteiger partial charge in [0.1, 0.15) is 5.75 Å². The summed E-state index contributed by atoms with van der Waals surface area (Å²) < 4.78 is 7.14. The third-order valence-electron chi connectivity index (χ3n) is 3.97. The minimum absolute atomic E-state index is 0.0179. The van der Waals surface area contributed by atoms with Crippen LogP contribution in [-0.2, 0) is 4.79 Å². The molecule has 0 radical (unpaired) electrons. The van der Waals surface area contributed by atoms with Crippen molar-refractivity contribution in [2.75, 3.05) is 12.9 Å². The third-order valence-corrected chi connectivity index (χ3v) is 4.93. The molecule has 134 valence electrons. The van der Waals surface area contributed by atoms with E-state index in [2.05, 4.69) is 10.3 Å². The number of carbonyl (C=O) groups excluding carboxylic acids is 1. The van der Waals surface area contributed by atoms with E-state index in [4.69, 9.17) is 4.74 Å². The number of amides is 1. The Kier molecular flexibility index (Phi) is 5.96. The molecule has 0 bridgehead atoms. The van der Waals surface area contributed by atoms with Crippen LogP contribution in [0.2, 0.25) is 0 Å². The fourth-order valence-corrected chi connectivity index (χ4v) is 3.36. The molecule has 6 heteroatoms. The minimum Gasteiger partial charge on any atom is -0.497 e. The number of benzene rings is 2. The molecule has 5 nitrogen and oxygen atoms in total. The molecular formula is C20H21N3O2S. The normalized spacial score (nSPS) is 11.8. The van der Waals surface area contributed by atoms with Crippen molar-refractivity contribution in [3.05, 3.63) is 72.6 Å². The van der Waals surface area contributed by atoms with Gasteiger partial charge in [0.15, 0.2) is 5.16 Å². The average Bonchev–Trinajstić information content (AvgIpc) is 3.15. The van der Waals surface area contributed by atoms with E-state index in [0.29, 0.717) is 5.75 Å². The number of ether oxygens (including phenoxy) is 1. The second-order valence-corrected chi connectivity index (χ2v) is 6.71. The molecule has 0 fully saturated rings. The van der Waals surface area contributed by atoms with Gasteiger partial charge in [0.05, 0.1) is 18.9 Å². The summed E-state index contributed by atoms with van der Waals surface area (Å²) >= 11 is 1.41. The standard InChI is InChI=1S/C20H21N3O2S/c1-15(16-6-4-3-5-7-16)22-19(24)14-26-20-21-12-13-23(20)17-8-10-18(25-2)11-9-17/h3-13,15H,14H2,1-2H3,(H,22,24)/t15-/m0/s1. The number of rotatable bonds is 7. The Morgan fingerprint density at radius 2 is 1.92 bits per heavy atom. The highest BCUT2D eigenvalue weighted by molar-refractivity contribution is 7.99. The lowest BCUT2D eigenvalue weighted by Crippen LogP contribution is -2.28. The number of thioether (sulfide) groups is 1. The van der Waals surface area contributed by atoms with E-state index in [1.807, 2.05) is 72.3 Å². The van der Waals surface area contributed by atoms with Crippen molar-refractivity contribution in [2.24, 2.45) is 0 Å². The largest absolute Gasteiger partial charge is 0.497 e. The van der Waals surface area contributed by atoms with Gasteiger partial charge in [-0.1, -0.05) is 42.1 Å². The Morgan fingerprint density at radius 1 is 1.19 bits per heavy atom. The van der Waals surface area contributed by atoms with E-state index >= 15 is 0 Å². The molecule has 0 saturated heterocycles. The Balaban J connectivity index is 1.60. The highest BCUT2D eigenvalue weighted by Crippen LogP contribution is 2.22. The van der Waals surface area contributed by atoms with E-state index < -0.39 is 0 Å². The van der Waals surface area contributed by atoms with Gasteiger partial charge < -0.3 is 10.1 Å². The molecule has 0 saturated carbocycles. The second kappa shape index (κ2) is 8.58. The van der Waals surface area contributed by atoms with Crippen molar-refractivity contribution in [3.8, 4) is 11.4 Å². The fourth-order valence-electron chi connectivity index (χ4n) is 2.57. The van der Waals surface area contributed by atoms with Gasteiger partial charge in [-0.25, -0.2) is 4.98 Å². The van der Waals surface area contributed by atoms with Gasteiger partial charge in [-0.15, -0.1) is 0 Å². The summed E-state index contributed by atoms with van der Waals surface area (Å²) in [5, 5.41) is 3.80. The van der Waals surface area contributed by atoms with Crippen LogP contribution in [0.15, 0.2) is 72.1 Å². The summed E-state index contributed by atoms with van der Waals surface area (Å²) in [5.74, 6) is 1.10. The van der Waals surface area contributed by atoms with Crippen LogP contribution in [0.25, 0.3) is 5.69 Å². The zero-order valence-corrected chi connectivity index (χ0v) is 15.6. The Bertz CT molecular complexity index is 847. The highest BCUT2D eigenvalue weighted by Gasteiger charge is 2.12. The van der Waals surface area contributed by atoms with Crippen molar-refractivity contribution in [3.63, 3.8) is 0 Å². The summed E-state index contributed by atoms with van der Waals surface area (Å²) in [5.41, 5.74) is 2.06. The first kappa shape index (κ1) is 18.1. The second-order valence-electron chi connectivity index (χ2n) is 5.77. The van der Waals surface area contributed by atoms with E-state index in [1.54, 1.807) is 13.3 Å². The lowest BCUT2D eigenvalue weighted by atomic mass is 10.1. The molecule has 1 amide bonds. The van der Waals surface area contributed by atoms with Crippen LogP contribution in [0.5, 0.6) is 5.75 Å². The van der Waals surface area contributed by atoms with Gasteiger partial charge in [0.25, 0.3) is 0 Å². The van der Waals surface area contributed by atoms with Crippen molar-refractivity contribution in [1.82, 2.24) is 14.9 Å². The molecule has 26 heavy (non-hydrogen) atoms. The molecule has 3 aromatic rings. The molecule has 3 rings (SSSR count). The van der Waals surface area contributed by atoms with Crippen LogP contribution in [0, 0.1) is 0 Å². The number of hydrogen-bond donors (Lipinski definition) is 1. The zero-order chi connectivity index (χ0) is 18.4. The number of methoxy groups -OCH3 is 1. The van der Waals surface area contributed by atoms with Crippen LogP contribution in [0.4, 0.5) is 0 Å². The summed E-state index contributed by atoms with van der Waals surface area (Å²) in [7, 11) is 1.64. The predicted molar refractivity (Wildman–Crippen MR) is 104 cm³/mol. The highest BCUT2D eigenvalue weighted by atomic mass is 32.2. The van der Waals surface area contributed by atoms with Crippen LogP contribution in [-0.4, -0.2) is 28.3 Å². The van der Waals surface area contributed by atoms with E-state index in [-0.39, 0.29) is 11.9 Å². The van der Waals surface area contributed by atoms with Crippen LogP contribution >= 0.6 is 11.8 Å². The monoisotopic (exact) mass is 367 g/mol. The molecule has 1 aromatic heterocycles. The van der Waals surface area contributed by atoms with Crippen molar-refractivity contribution >= 4 is 17.7 Å². The Labute approximate surface area is 157 Å². The van der Waals surface area contributed by atoms with Gasteiger partial charge in [-0.3, -0.25) is 9.36 Å². The Hall–Kier alpha value is -2.73. The van der Waals surface area contributed by atoms with Crippen LogP contribution in [0.3, 0.4) is 0 Å². The maximum absolute atomic E-state index is 12.3. The van der Waals surface area contributed by atoms with Gasteiger partial charge in [0.2, 0.25) is 5.91 Å². The van der Waals surface area contributed by atoms with Gasteiger partial charge in [0, 0.05) is 18.1 Å². The van der Waals surface area contributed by atoms with Crippen LogP contribution in [0.1, 0.15) is 18.5 Å². The number of imidazole rings is 1. The number of nitrogens with one attached hydrogen (secondary N) is 1. The number of carbonyl (C=O) groups is 1. The summed E-state index contributed by atoms with van der Waals surface area (Å²) in [4.78, 5) is 16.6. The number of aromatic nitrogens is 2. The summed E-state index contributed by atoms with van der Waals surface area (Å²) in [6.45, 7) is 1.98. The molecule has 1 heterocycles. The van der Waals surface area contributed by atoms with Crippen LogP contribution < -0.4 is 10.1 Å². The van der Waals surface area contributed by atoms with Gasteiger partial charge >= 0.3 is 0 Å². The average molecular weight is 367 g/mol. The maximum atomic E-state index is 12.3. The first-order valence-electron chi connectivity index (χ1n) is 8.32. The molecule has 0 aliphatic carbocycles. The third kappa shape index (κ3) is 4.46. The molecule has 0 spiro atoms. The predicted octanol–water partition coefficient (Wildman–Crippen LogP) is 3.85. The molecule has 1 atom stereocenters. The van der Waals surface area contributed by atoms with E-state index in [1.165, 1.54) is 11.8 Å². The Morgan fingerprint density at radius 3 is 2.62 bits per heavy atom. The quantitative estimate of drug-likeness (QED) is 0.645. The van der Waals surface area contributed by atoms with Gasteiger partial charge in [-0.05, 0) is 36.8 Å². The molecular weight excluding hydrogens is 346 g/mol. The van der Waals surface area contributed by atoms with Gasteiger partial charge in [-0.2, -0.15) is 0 Å². The molecule has 0 aliphatic heterocycles. The topological polar surface area (TPSA) is 56.2 Å². The number of hydrogen-bond acceptors (Lipinski definition) is 4. The fraction of sp³-hybridized carbons (Fsp3) is 0.200. The minimum atomic E-state index is -0.0226. The van der Waals surface area contributed by atoms with E-state index in [0.717, 1.165) is 22.2 Å². The molecule has 0 aliphatic rings. The van der Waals surface area contributed by atoms with Crippen molar-refractivity contribution < 1.29 is 9.53 Å². The SMILES string of the molecule is COc1ccc(-n2ccnc2SCC(=O)N[C@@H](C)c2ccccc2)cc1. The van der Waals surface area contributed by atoms with E-state index in [9.17, 15) is 4.79 Å². The molecule has 0 unspecified atom stereocenters. The molecule has 1 N–H and O–H groups in total. The maximum Gasteiger partial charge on any atom is 0.230 e. The zero-order valence-electron chi connectivity index (χ0n) is 14.8.